The Morgan fingerprint density at radius 3 is 2.71 bits per heavy atom. The van der Waals surface area contributed by atoms with Crippen LogP contribution in [0.4, 0.5) is 17.2 Å². The van der Waals surface area contributed by atoms with Crippen molar-refractivity contribution in [2.75, 3.05) is 5.73 Å². The molecule has 2 rings (SSSR count). The second-order valence-electron chi connectivity index (χ2n) is 2.69. The van der Waals surface area contributed by atoms with Crippen LogP contribution in [0.1, 0.15) is 0 Å². The topological polar surface area (TPSA) is 79.4 Å². The number of nitrogens with zero attached hydrogens (tertiary/aromatic N) is 3. The van der Waals surface area contributed by atoms with Crippen LogP contribution in [0.2, 0.25) is 0 Å². The van der Waals surface area contributed by atoms with E-state index in [9.17, 15) is 0 Å². The van der Waals surface area contributed by atoms with Crippen molar-refractivity contribution in [1.82, 2.24) is 10.2 Å². The molecular weight excluding hydrogens is 178 g/mol. The number of para-hydroxylation sites is 1. The number of hydrogen-bond acceptors (Lipinski definition) is 4. The maximum atomic E-state index is 5.68. The molecule has 14 heavy (non-hydrogen) atoms. The minimum atomic E-state index is 0.535. The number of aromatic nitrogens is 2. The summed E-state index contributed by atoms with van der Waals surface area (Å²) in [6.07, 6.45) is 1.68. The van der Waals surface area contributed by atoms with Crippen LogP contribution < -0.4 is 5.73 Å². The first kappa shape index (κ1) is 8.43. The first-order chi connectivity index (χ1) is 6.86. The summed E-state index contributed by atoms with van der Waals surface area (Å²) in [6.45, 7) is 0. The van der Waals surface area contributed by atoms with Crippen molar-refractivity contribution in [3.05, 3.63) is 36.5 Å². The van der Waals surface area contributed by atoms with Crippen LogP contribution in [0.15, 0.2) is 46.8 Å². The van der Waals surface area contributed by atoms with Crippen LogP contribution in [0, 0.1) is 0 Å². The third-order valence-corrected chi connectivity index (χ3v) is 1.68. The quantitative estimate of drug-likeness (QED) is 0.559. The van der Waals surface area contributed by atoms with Crippen LogP contribution in [0.3, 0.4) is 0 Å². The highest BCUT2D eigenvalue weighted by Crippen LogP contribution is 2.22. The molecule has 0 fully saturated rings. The third kappa shape index (κ3) is 1.77. The monoisotopic (exact) mass is 187 g/mol. The second-order valence-corrected chi connectivity index (χ2v) is 2.69. The molecule has 2 aromatic rings. The lowest BCUT2D eigenvalue weighted by molar-refractivity contribution is 1.06. The third-order valence-electron chi connectivity index (χ3n) is 1.68. The number of rotatable bonds is 2. The van der Waals surface area contributed by atoms with Gasteiger partial charge in [-0.3, -0.25) is 5.10 Å². The molecule has 0 aliphatic rings. The summed E-state index contributed by atoms with van der Waals surface area (Å²) in [4.78, 5) is 0. The van der Waals surface area contributed by atoms with Gasteiger partial charge in [-0.1, -0.05) is 12.1 Å². The normalized spacial score (nSPS) is 10.9. The van der Waals surface area contributed by atoms with E-state index in [2.05, 4.69) is 20.4 Å². The number of H-pyrrole nitrogens is 1. The lowest BCUT2D eigenvalue weighted by Crippen LogP contribution is -1.82. The lowest BCUT2D eigenvalue weighted by atomic mass is 10.3. The van der Waals surface area contributed by atoms with E-state index in [0.29, 0.717) is 17.2 Å². The predicted octanol–water partition coefficient (Wildman–Crippen LogP) is 2.41. The Kier molecular flexibility index (Phi) is 2.22. The number of nitrogen functional groups attached to an aromatic ring is 1. The summed E-state index contributed by atoms with van der Waals surface area (Å²) >= 11 is 0. The Morgan fingerprint density at radius 2 is 2.00 bits per heavy atom. The van der Waals surface area contributed by atoms with Gasteiger partial charge in [-0.2, -0.15) is 5.10 Å². The van der Waals surface area contributed by atoms with Crippen molar-refractivity contribution in [3.8, 4) is 0 Å². The number of hydrogen-bond donors (Lipinski definition) is 2. The number of anilines is 1. The fourth-order valence-corrected chi connectivity index (χ4v) is 0.992. The van der Waals surface area contributed by atoms with Crippen LogP contribution in [-0.2, 0) is 0 Å². The molecule has 0 aliphatic carbocycles. The first-order valence-corrected chi connectivity index (χ1v) is 4.12. The Bertz CT molecular complexity index is 432. The molecule has 1 aromatic heterocycles. The molecule has 0 atom stereocenters. The van der Waals surface area contributed by atoms with Gasteiger partial charge in [0.1, 0.15) is 5.69 Å². The smallest absolute Gasteiger partial charge is 0.195 e. The van der Waals surface area contributed by atoms with E-state index in [1.165, 1.54) is 0 Å². The fourth-order valence-electron chi connectivity index (χ4n) is 0.992. The summed E-state index contributed by atoms with van der Waals surface area (Å²) in [7, 11) is 0. The highest BCUT2D eigenvalue weighted by molar-refractivity contribution is 5.61. The molecule has 1 aromatic carbocycles. The first-order valence-electron chi connectivity index (χ1n) is 4.12. The van der Waals surface area contributed by atoms with Gasteiger partial charge >= 0.3 is 0 Å². The van der Waals surface area contributed by atoms with Gasteiger partial charge in [0, 0.05) is 12.3 Å². The molecule has 0 saturated heterocycles. The standard InChI is InChI=1S/C9H9N5/c10-7-3-1-2-4-8(7)12-14-9-5-6-11-13-9/h1-6H,10H2,(H,11,13)/b14-12+. The van der Waals surface area contributed by atoms with Crippen molar-refractivity contribution in [2.24, 2.45) is 10.2 Å². The van der Waals surface area contributed by atoms with E-state index >= 15 is 0 Å². The highest BCUT2D eigenvalue weighted by atomic mass is 15.2. The van der Waals surface area contributed by atoms with Crippen molar-refractivity contribution >= 4 is 17.2 Å². The van der Waals surface area contributed by atoms with Gasteiger partial charge < -0.3 is 5.73 Å². The molecule has 0 radical (unpaired) electrons. The number of aromatic amines is 1. The number of nitrogens with one attached hydrogen (secondary N) is 1. The number of nitrogens with two attached hydrogens (primary N) is 1. The van der Waals surface area contributed by atoms with Crippen LogP contribution in [0.25, 0.3) is 0 Å². The maximum absolute atomic E-state index is 5.68. The van der Waals surface area contributed by atoms with Crippen molar-refractivity contribution in [1.29, 1.82) is 0 Å². The summed E-state index contributed by atoms with van der Waals surface area (Å²) < 4.78 is 0. The van der Waals surface area contributed by atoms with Crippen LogP contribution in [-0.4, -0.2) is 10.2 Å². The second kappa shape index (κ2) is 3.69. The molecule has 0 unspecified atom stereocenters. The van der Waals surface area contributed by atoms with E-state index in [1.54, 1.807) is 24.4 Å². The Balaban J connectivity index is 2.23. The number of benzene rings is 1. The zero-order chi connectivity index (χ0) is 9.80. The summed E-state index contributed by atoms with van der Waals surface area (Å²) in [6, 6.07) is 9.01. The largest absolute Gasteiger partial charge is 0.397 e. The van der Waals surface area contributed by atoms with Gasteiger partial charge in [-0.05, 0) is 12.1 Å². The molecule has 70 valence electrons. The molecule has 0 bridgehead atoms. The Hall–Kier alpha value is -2.17. The Morgan fingerprint density at radius 1 is 1.14 bits per heavy atom. The molecule has 0 aliphatic heterocycles. The van der Waals surface area contributed by atoms with Gasteiger partial charge in [0.25, 0.3) is 0 Å². The fraction of sp³-hybridized carbons (Fsp3) is 0. The summed E-state index contributed by atoms with van der Waals surface area (Å²) in [5, 5.41) is 14.3. The highest BCUT2D eigenvalue weighted by Gasteiger charge is 1.94. The predicted molar refractivity (Wildman–Crippen MR) is 53.6 cm³/mol. The van der Waals surface area contributed by atoms with Crippen LogP contribution in [0.5, 0.6) is 0 Å². The van der Waals surface area contributed by atoms with Gasteiger partial charge in [-0.15, -0.1) is 10.2 Å². The minimum Gasteiger partial charge on any atom is -0.397 e. The molecule has 1 heterocycles. The molecular formula is C9H9N5. The molecule has 0 spiro atoms. The lowest BCUT2D eigenvalue weighted by Gasteiger charge is -1.95. The maximum Gasteiger partial charge on any atom is 0.195 e. The molecule has 3 N–H and O–H groups in total. The average molecular weight is 187 g/mol. The summed E-state index contributed by atoms with van der Waals surface area (Å²) in [5.41, 5.74) is 6.93. The van der Waals surface area contributed by atoms with Crippen molar-refractivity contribution in [2.45, 2.75) is 0 Å². The van der Waals surface area contributed by atoms with E-state index < -0.39 is 0 Å². The van der Waals surface area contributed by atoms with Gasteiger partial charge in [-0.25, -0.2) is 0 Å². The zero-order valence-electron chi connectivity index (χ0n) is 7.38. The Labute approximate surface area is 80.7 Å². The van der Waals surface area contributed by atoms with Gasteiger partial charge in [0.2, 0.25) is 0 Å². The van der Waals surface area contributed by atoms with Crippen molar-refractivity contribution in [3.63, 3.8) is 0 Å². The van der Waals surface area contributed by atoms with Gasteiger partial charge in [0.05, 0.1) is 5.69 Å². The van der Waals surface area contributed by atoms with Gasteiger partial charge in [0.15, 0.2) is 5.82 Å². The molecule has 0 amide bonds. The zero-order valence-corrected chi connectivity index (χ0v) is 7.38. The number of azo groups is 1. The molecule has 5 nitrogen and oxygen atoms in total. The molecule has 0 saturated carbocycles. The average Bonchev–Trinajstić information content (AvgIpc) is 2.69. The van der Waals surface area contributed by atoms with E-state index in [-0.39, 0.29) is 0 Å². The van der Waals surface area contributed by atoms with E-state index in [0.717, 1.165) is 0 Å². The summed E-state index contributed by atoms with van der Waals surface area (Å²) in [5.74, 6) is 0.535. The van der Waals surface area contributed by atoms with Crippen LogP contribution >= 0.6 is 0 Å². The van der Waals surface area contributed by atoms with Crippen molar-refractivity contribution < 1.29 is 0 Å². The minimum absolute atomic E-state index is 0.535. The van der Waals surface area contributed by atoms with E-state index in [4.69, 9.17) is 5.73 Å². The molecule has 5 heteroatoms. The SMILES string of the molecule is Nc1ccccc1/N=N/c1cc[nH]n1. The van der Waals surface area contributed by atoms with E-state index in [1.807, 2.05) is 12.1 Å².